The highest BCUT2D eigenvalue weighted by Crippen LogP contribution is 2.31. The lowest BCUT2D eigenvalue weighted by molar-refractivity contribution is 0.855. The van der Waals surface area contributed by atoms with Gasteiger partial charge in [0, 0.05) is 22.7 Å². The average Bonchev–Trinajstić information content (AvgIpc) is 2.46. The fraction of sp³-hybridized carbons (Fsp3) is 0.188. The summed E-state index contributed by atoms with van der Waals surface area (Å²) in [5.41, 5.74) is 9.86. The lowest BCUT2D eigenvalue weighted by Gasteiger charge is -2.13. The first kappa shape index (κ1) is 12.5. The maximum absolute atomic E-state index is 6.01. The molecule has 0 spiro atoms. The van der Waals surface area contributed by atoms with E-state index in [4.69, 9.17) is 5.73 Å². The van der Waals surface area contributed by atoms with Gasteiger partial charge < -0.3 is 5.73 Å². The van der Waals surface area contributed by atoms with Gasteiger partial charge in [0.25, 0.3) is 0 Å². The van der Waals surface area contributed by atoms with E-state index in [2.05, 4.69) is 40.9 Å². The van der Waals surface area contributed by atoms with E-state index in [9.17, 15) is 0 Å². The Morgan fingerprint density at radius 2 is 1.90 bits per heavy atom. The first-order valence-corrected chi connectivity index (χ1v) is 6.62. The van der Waals surface area contributed by atoms with Crippen molar-refractivity contribution < 1.29 is 0 Å². The van der Waals surface area contributed by atoms with E-state index in [1.165, 1.54) is 6.33 Å². The minimum absolute atomic E-state index is 0.269. The smallest absolute Gasteiger partial charge is 0.130 e. The van der Waals surface area contributed by atoms with Gasteiger partial charge in [0.1, 0.15) is 12.1 Å². The highest BCUT2D eigenvalue weighted by molar-refractivity contribution is 5.84. The molecule has 2 aromatic heterocycles. The molecule has 2 N–H and O–H groups in total. The molecular weight excluding hydrogens is 248 g/mol. The summed E-state index contributed by atoms with van der Waals surface area (Å²) in [6.45, 7) is 4.19. The minimum Gasteiger partial charge on any atom is -0.383 e. The predicted octanol–water partition coefficient (Wildman–Crippen LogP) is 3.40. The van der Waals surface area contributed by atoms with Crippen molar-refractivity contribution in [3.05, 3.63) is 48.4 Å². The van der Waals surface area contributed by atoms with Crippen molar-refractivity contribution in [2.45, 2.75) is 19.8 Å². The second kappa shape index (κ2) is 4.89. The van der Waals surface area contributed by atoms with Crippen LogP contribution >= 0.6 is 0 Å². The Hall–Kier alpha value is -2.49. The van der Waals surface area contributed by atoms with Gasteiger partial charge in [0.05, 0.1) is 11.2 Å². The SMILES string of the molecule is CC(C)c1c(N)ncnc1-c1ccc2cccnc2c1. The molecular formula is C16H16N4. The number of rotatable bonds is 2. The molecule has 0 bridgehead atoms. The van der Waals surface area contributed by atoms with Gasteiger partial charge in [-0.25, -0.2) is 9.97 Å². The summed E-state index contributed by atoms with van der Waals surface area (Å²) in [7, 11) is 0. The van der Waals surface area contributed by atoms with E-state index in [-0.39, 0.29) is 5.92 Å². The fourth-order valence-corrected chi connectivity index (χ4v) is 2.42. The zero-order valence-corrected chi connectivity index (χ0v) is 11.5. The number of fused-ring (bicyclic) bond motifs is 1. The molecule has 0 saturated carbocycles. The van der Waals surface area contributed by atoms with Crippen molar-refractivity contribution in [3.8, 4) is 11.3 Å². The summed E-state index contributed by atoms with van der Waals surface area (Å²) < 4.78 is 0. The number of nitrogen functional groups attached to an aromatic ring is 1. The van der Waals surface area contributed by atoms with Crippen LogP contribution in [-0.4, -0.2) is 15.0 Å². The van der Waals surface area contributed by atoms with Gasteiger partial charge in [-0.2, -0.15) is 0 Å². The van der Waals surface area contributed by atoms with Crippen LogP contribution in [0.3, 0.4) is 0 Å². The number of hydrogen-bond acceptors (Lipinski definition) is 4. The van der Waals surface area contributed by atoms with E-state index in [0.717, 1.165) is 27.7 Å². The Morgan fingerprint density at radius 1 is 1.05 bits per heavy atom. The molecule has 0 radical (unpaired) electrons. The summed E-state index contributed by atoms with van der Waals surface area (Å²) in [6, 6.07) is 10.1. The summed E-state index contributed by atoms with van der Waals surface area (Å²) in [4.78, 5) is 12.9. The van der Waals surface area contributed by atoms with Crippen LogP contribution in [0.25, 0.3) is 22.2 Å². The highest BCUT2D eigenvalue weighted by Gasteiger charge is 2.14. The Kier molecular flexibility index (Phi) is 3.06. The standard InChI is InChI=1S/C16H16N4/c1-10(2)14-15(19-9-20-16(14)17)12-6-5-11-4-3-7-18-13(11)8-12/h3-10H,1-2H3,(H2,17,19,20). The molecule has 2 heterocycles. The van der Waals surface area contributed by atoms with Crippen molar-refractivity contribution in [2.75, 3.05) is 5.73 Å². The third-order valence-electron chi connectivity index (χ3n) is 3.37. The number of nitrogens with zero attached hydrogens (tertiary/aromatic N) is 3. The van der Waals surface area contributed by atoms with Crippen molar-refractivity contribution in [2.24, 2.45) is 0 Å². The molecule has 0 aliphatic rings. The molecule has 4 nitrogen and oxygen atoms in total. The normalized spacial score (nSPS) is 11.2. The Morgan fingerprint density at radius 3 is 2.70 bits per heavy atom. The second-order valence-corrected chi connectivity index (χ2v) is 5.09. The third kappa shape index (κ3) is 2.09. The van der Waals surface area contributed by atoms with Crippen LogP contribution in [0.1, 0.15) is 25.3 Å². The van der Waals surface area contributed by atoms with E-state index in [1.807, 2.05) is 18.2 Å². The third-order valence-corrected chi connectivity index (χ3v) is 3.37. The maximum atomic E-state index is 6.01. The molecule has 0 aliphatic carbocycles. The zero-order valence-electron chi connectivity index (χ0n) is 11.5. The van der Waals surface area contributed by atoms with E-state index < -0.39 is 0 Å². The maximum Gasteiger partial charge on any atom is 0.130 e. The fourth-order valence-electron chi connectivity index (χ4n) is 2.42. The Labute approximate surface area is 117 Å². The summed E-state index contributed by atoms with van der Waals surface area (Å²) >= 11 is 0. The second-order valence-electron chi connectivity index (χ2n) is 5.09. The topological polar surface area (TPSA) is 64.7 Å². The quantitative estimate of drug-likeness (QED) is 0.770. The molecule has 100 valence electrons. The monoisotopic (exact) mass is 264 g/mol. The highest BCUT2D eigenvalue weighted by atomic mass is 14.9. The number of benzene rings is 1. The van der Waals surface area contributed by atoms with Crippen molar-refractivity contribution in [3.63, 3.8) is 0 Å². The predicted molar refractivity (Wildman–Crippen MR) is 81.3 cm³/mol. The van der Waals surface area contributed by atoms with Gasteiger partial charge in [-0.1, -0.05) is 32.0 Å². The van der Waals surface area contributed by atoms with Gasteiger partial charge in [-0.15, -0.1) is 0 Å². The number of anilines is 1. The zero-order chi connectivity index (χ0) is 14.1. The van der Waals surface area contributed by atoms with Gasteiger partial charge in [-0.05, 0) is 18.1 Å². The molecule has 0 amide bonds. The first-order chi connectivity index (χ1) is 9.66. The first-order valence-electron chi connectivity index (χ1n) is 6.62. The number of pyridine rings is 1. The van der Waals surface area contributed by atoms with Gasteiger partial charge in [-0.3, -0.25) is 4.98 Å². The van der Waals surface area contributed by atoms with Crippen LogP contribution in [0.15, 0.2) is 42.9 Å². The molecule has 4 heteroatoms. The van der Waals surface area contributed by atoms with Gasteiger partial charge >= 0.3 is 0 Å². The summed E-state index contributed by atoms with van der Waals surface area (Å²) in [6.07, 6.45) is 3.31. The van der Waals surface area contributed by atoms with Crippen LogP contribution in [0.2, 0.25) is 0 Å². The number of aromatic nitrogens is 3. The molecule has 0 atom stereocenters. The van der Waals surface area contributed by atoms with Crippen molar-refractivity contribution in [1.29, 1.82) is 0 Å². The lowest BCUT2D eigenvalue weighted by atomic mass is 9.97. The molecule has 1 aromatic carbocycles. The lowest BCUT2D eigenvalue weighted by Crippen LogP contribution is -2.04. The largest absolute Gasteiger partial charge is 0.383 e. The van der Waals surface area contributed by atoms with Gasteiger partial charge in [0.15, 0.2) is 0 Å². The van der Waals surface area contributed by atoms with E-state index in [0.29, 0.717) is 5.82 Å². The summed E-state index contributed by atoms with van der Waals surface area (Å²) in [5.74, 6) is 0.816. The molecule has 0 unspecified atom stereocenters. The molecule has 0 aliphatic heterocycles. The molecule has 3 aromatic rings. The van der Waals surface area contributed by atoms with Gasteiger partial charge in [0.2, 0.25) is 0 Å². The Balaban J connectivity index is 2.23. The average molecular weight is 264 g/mol. The van der Waals surface area contributed by atoms with Crippen molar-refractivity contribution >= 4 is 16.7 Å². The molecule has 20 heavy (non-hydrogen) atoms. The molecule has 0 fully saturated rings. The number of nitrogens with two attached hydrogens (primary N) is 1. The van der Waals surface area contributed by atoms with E-state index in [1.54, 1.807) is 6.20 Å². The van der Waals surface area contributed by atoms with Crippen LogP contribution in [0.5, 0.6) is 0 Å². The van der Waals surface area contributed by atoms with Crippen molar-refractivity contribution in [1.82, 2.24) is 15.0 Å². The van der Waals surface area contributed by atoms with Crippen LogP contribution in [-0.2, 0) is 0 Å². The minimum atomic E-state index is 0.269. The van der Waals surface area contributed by atoms with Crippen LogP contribution in [0, 0.1) is 0 Å². The van der Waals surface area contributed by atoms with E-state index >= 15 is 0 Å². The molecule has 3 rings (SSSR count). The summed E-state index contributed by atoms with van der Waals surface area (Å²) in [5, 5.41) is 1.12. The van der Waals surface area contributed by atoms with Crippen LogP contribution < -0.4 is 5.73 Å². The van der Waals surface area contributed by atoms with Crippen LogP contribution in [0.4, 0.5) is 5.82 Å². The molecule has 0 saturated heterocycles. The Bertz CT molecular complexity index is 765. The number of hydrogen-bond donors (Lipinski definition) is 1.